The van der Waals surface area contributed by atoms with Gasteiger partial charge in [-0.1, -0.05) is 167 Å². The molecule has 25 heteroatoms. The molecule has 120 heavy (non-hydrogen) atoms. The van der Waals surface area contributed by atoms with Gasteiger partial charge >= 0.3 is 24.1 Å². The van der Waals surface area contributed by atoms with Gasteiger partial charge < -0.3 is 60.6 Å². The molecule has 0 bridgehead atoms. The smallest absolute Gasteiger partial charge is 0.322 e. The number of hydrogen-bond acceptors (Lipinski definition) is 12. The Morgan fingerprint density at radius 3 is 1.42 bits per heavy atom. The van der Waals surface area contributed by atoms with Crippen LogP contribution in [0.3, 0.4) is 0 Å². The third kappa shape index (κ3) is 29.6. The van der Waals surface area contributed by atoms with Gasteiger partial charge in [0, 0.05) is 163 Å². The van der Waals surface area contributed by atoms with E-state index in [9.17, 15) is 41.2 Å². The summed E-state index contributed by atoms with van der Waals surface area (Å²) in [5.41, 5.74) is 7.48. The maximum Gasteiger partial charge on any atom is 0.322 e. The lowest BCUT2D eigenvalue weighted by Gasteiger charge is -2.40. The van der Waals surface area contributed by atoms with Crippen molar-refractivity contribution in [1.82, 2.24) is 53.9 Å². The standard InChI is InChI=1S/C26H36N4O4S.C24H31F2N3O.C23H26N4O.C22H30N4O/c1-4-8-20(2)29-17-15-24(16-18-29)30(19-22-9-6-5-7-10-22)26(32)27-23-11-13-25(14-12-23)35(33,34)28-21(3)31;1-3-7-18(2)28-14-12-21(13-15-28)29(17-19-8-5-4-6-9-19)24(30)27-23-16-20(25)10-11-22(23)26;28-23(25-21-9-6-10-22(17-21)27-13-4-5-14-27)24-20-11-15-26(16-12-20)18-19-7-2-1-3-8-19;1-2-3-14-25-15-11-21(12-16-25)26(18-19-8-5-4-6-9-19)22(27)24-20-10-7-13-23-17-20/h5-7,9-14,20,24H,4,8,15-19H2,1-3H3,(H,27,32)(H,28,31);4-6,8-11,16,18,21H,3,7,12-15,17H2,1-2H3,(H,27,30);1-10,13-14,17,20H,11-12,15-16,18H2,(H2,24,25,28);4-10,13,17,21H,2-3,11-12,14-16,18H2,1H3,(H,24,27). The summed E-state index contributed by atoms with van der Waals surface area (Å²) in [5.74, 6) is -1.89. The van der Waals surface area contributed by atoms with Gasteiger partial charge in [-0.15, -0.1) is 0 Å². The molecule has 2 aromatic heterocycles. The van der Waals surface area contributed by atoms with Gasteiger partial charge in [-0.2, -0.15) is 0 Å². The van der Waals surface area contributed by atoms with Crippen molar-refractivity contribution in [3.8, 4) is 5.69 Å². The number of piperidine rings is 4. The van der Waals surface area contributed by atoms with Crippen molar-refractivity contribution in [3.05, 3.63) is 271 Å². The summed E-state index contributed by atoms with van der Waals surface area (Å²) in [6.07, 6.45) is 22.0. The second-order valence-corrected chi connectivity index (χ2v) is 33.4. The highest BCUT2D eigenvalue weighted by Gasteiger charge is 2.34. The predicted molar refractivity (Wildman–Crippen MR) is 476 cm³/mol. The minimum Gasteiger partial charge on any atom is -0.335 e. The van der Waals surface area contributed by atoms with Crippen LogP contribution in [0.4, 0.5) is 50.7 Å². The minimum atomic E-state index is -3.92. The third-order valence-corrected chi connectivity index (χ3v) is 24.1. The number of pyridine rings is 1. The van der Waals surface area contributed by atoms with Crippen LogP contribution in [0.2, 0.25) is 0 Å². The highest BCUT2D eigenvalue weighted by molar-refractivity contribution is 7.90. The Labute approximate surface area is 709 Å². The number of amides is 9. The van der Waals surface area contributed by atoms with E-state index in [2.05, 4.69) is 122 Å². The van der Waals surface area contributed by atoms with Crippen LogP contribution in [0.5, 0.6) is 0 Å². The Morgan fingerprint density at radius 2 is 0.942 bits per heavy atom. The van der Waals surface area contributed by atoms with Crippen LogP contribution in [-0.2, 0) is 41.0 Å². The van der Waals surface area contributed by atoms with Crippen molar-refractivity contribution < 1.29 is 41.2 Å². The lowest BCUT2D eigenvalue weighted by atomic mass is 10.00. The zero-order valence-electron chi connectivity index (χ0n) is 70.6. The number of hydrogen-bond donors (Lipinski definition) is 6. The first kappa shape index (κ1) is 91.5. The minimum absolute atomic E-state index is 0.0413. The molecule has 22 nitrogen and oxygen atoms in total. The van der Waals surface area contributed by atoms with E-state index in [0.29, 0.717) is 37.4 Å². The number of sulfonamides is 1. The zero-order chi connectivity index (χ0) is 85.0. The fourth-order valence-corrected chi connectivity index (χ4v) is 17.0. The van der Waals surface area contributed by atoms with E-state index >= 15 is 0 Å². The normalized spacial score (nSPS) is 15.7. The van der Waals surface area contributed by atoms with Crippen LogP contribution in [0.25, 0.3) is 5.69 Å². The monoisotopic (exact) mass is 1660 g/mol. The van der Waals surface area contributed by atoms with Gasteiger partial charge in [-0.05, 0) is 192 Å². The predicted octanol–water partition coefficient (Wildman–Crippen LogP) is 18.5. The lowest BCUT2D eigenvalue weighted by Crippen LogP contribution is -2.50. The Balaban J connectivity index is 0.000000169. The molecule has 9 aromatic rings. The maximum absolute atomic E-state index is 14.1. The summed E-state index contributed by atoms with van der Waals surface area (Å²) in [4.78, 5) is 82.8. The molecular formula is C95H123F2N15O7S. The van der Waals surface area contributed by atoms with Crippen LogP contribution in [0, 0.1) is 11.6 Å². The number of anilines is 4. The summed E-state index contributed by atoms with van der Waals surface area (Å²) in [5, 5.41) is 14.6. The van der Waals surface area contributed by atoms with Gasteiger partial charge in [0.2, 0.25) is 5.91 Å². The van der Waals surface area contributed by atoms with E-state index in [1.165, 1.54) is 55.6 Å². The fraction of sp³-hybridized carbons (Fsp3) is 0.411. The van der Waals surface area contributed by atoms with Crippen LogP contribution in [0.15, 0.2) is 242 Å². The van der Waals surface area contributed by atoms with E-state index in [-0.39, 0.29) is 52.8 Å². The Morgan fingerprint density at radius 1 is 0.475 bits per heavy atom. The molecule has 6 heterocycles. The van der Waals surface area contributed by atoms with E-state index in [1.54, 1.807) is 17.3 Å². The molecule has 13 rings (SSSR count). The summed E-state index contributed by atoms with van der Waals surface area (Å²) >= 11 is 0. The number of rotatable bonds is 28. The second-order valence-electron chi connectivity index (χ2n) is 31.7. The number of halogens is 2. The van der Waals surface area contributed by atoms with Crippen molar-refractivity contribution in [3.63, 3.8) is 0 Å². The second kappa shape index (κ2) is 47.8. The topological polar surface area (TPSA) is 232 Å². The summed E-state index contributed by atoms with van der Waals surface area (Å²) in [7, 11) is -3.92. The molecule has 4 aliphatic heterocycles. The number of unbranched alkanes of at least 4 members (excludes halogenated alkanes) is 1. The van der Waals surface area contributed by atoms with Crippen molar-refractivity contribution in [2.24, 2.45) is 0 Å². The molecule has 9 amide bonds. The number of benzene rings is 7. The number of urea groups is 4. The molecule has 4 aliphatic rings. The first-order valence-electron chi connectivity index (χ1n) is 42.8. The number of nitrogens with zero attached hydrogens (tertiary/aromatic N) is 9. The summed E-state index contributed by atoms with van der Waals surface area (Å²) in [6, 6.07) is 65.8. The zero-order valence-corrected chi connectivity index (χ0v) is 71.4. The number of likely N-dealkylation sites (tertiary alicyclic amines) is 4. The van der Waals surface area contributed by atoms with Gasteiger partial charge in [0.05, 0.1) is 22.5 Å². The molecule has 0 saturated carbocycles. The van der Waals surface area contributed by atoms with Crippen LogP contribution >= 0.6 is 0 Å². The molecule has 0 radical (unpaired) electrons. The molecule has 7 aromatic carbocycles. The first-order valence-corrected chi connectivity index (χ1v) is 44.3. The number of carbonyl (C=O) groups excluding carboxylic acids is 5. The molecule has 0 spiro atoms. The lowest BCUT2D eigenvalue weighted by molar-refractivity contribution is -0.117. The van der Waals surface area contributed by atoms with Crippen molar-refractivity contribution in [1.29, 1.82) is 0 Å². The van der Waals surface area contributed by atoms with Crippen LogP contribution in [-0.4, -0.2) is 177 Å². The Bertz CT molecular complexity index is 4650. The van der Waals surface area contributed by atoms with Crippen molar-refractivity contribution >= 4 is 62.8 Å². The highest BCUT2D eigenvalue weighted by atomic mass is 32.2. The van der Waals surface area contributed by atoms with Crippen molar-refractivity contribution in [2.75, 3.05) is 80.2 Å². The van der Waals surface area contributed by atoms with E-state index in [0.717, 1.165) is 188 Å². The number of nitrogens with one attached hydrogen (secondary N) is 6. The average molecular weight is 1660 g/mol. The maximum atomic E-state index is 14.1. The SMILES string of the molecule is CCCC(C)N1CCC(N(Cc2ccccc2)C(=O)Nc2cc(F)ccc2F)CC1.CCCC(C)N1CCC(N(Cc2ccccc2)C(=O)Nc2ccc(S(=O)(=O)NC(C)=O)cc2)CC1.CCCCN1CCC(N(Cc2ccccc2)C(=O)Nc2cccnc2)CC1.O=C(Nc1cccc(-n2cccc2)c1)NC1CCN(Cc2ccccc2)CC1. The molecule has 0 aliphatic carbocycles. The largest absolute Gasteiger partial charge is 0.335 e. The first-order chi connectivity index (χ1) is 58.2. The van der Waals surface area contributed by atoms with Gasteiger partial charge in [0.1, 0.15) is 11.6 Å². The molecule has 6 N–H and O–H groups in total. The van der Waals surface area contributed by atoms with E-state index < -0.39 is 33.6 Å². The quantitative estimate of drug-likeness (QED) is 0.0269. The van der Waals surface area contributed by atoms with Crippen molar-refractivity contribution in [2.45, 2.75) is 199 Å². The van der Waals surface area contributed by atoms with E-state index in [1.807, 2.05) is 165 Å². The molecule has 2 atom stereocenters. The third-order valence-electron chi connectivity index (χ3n) is 22.7. The number of carbonyl (C=O) groups is 5. The Hall–Kier alpha value is -10.8. The molecule has 640 valence electrons. The van der Waals surface area contributed by atoms with Crippen LogP contribution < -0.4 is 31.3 Å². The van der Waals surface area contributed by atoms with Crippen LogP contribution in [0.1, 0.15) is 154 Å². The van der Waals surface area contributed by atoms with Gasteiger partial charge in [-0.3, -0.25) is 14.7 Å². The molecule has 4 fully saturated rings. The summed E-state index contributed by atoms with van der Waals surface area (Å²) in [6.45, 7) is 23.9. The molecular weight excluding hydrogens is 1530 g/mol. The van der Waals surface area contributed by atoms with Gasteiger partial charge in [0.15, 0.2) is 0 Å². The molecule has 4 saturated heterocycles. The molecule has 2 unspecified atom stereocenters. The van der Waals surface area contributed by atoms with Gasteiger partial charge in [-0.25, -0.2) is 41.1 Å². The van der Waals surface area contributed by atoms with Gasteiger partial charge in [0.25, 0.3) is 10.0 Å². The summed E-state index contributed by atoms with van der Waals surface area (Å²) < 4.78 is 55.9. The number of aromatic nitrogens is 2. The average Bonchev–Trinajstić information content (AvgIpc) is 0.847. The van der Waals surface area contributed by atoms with E-state index in [4.69, 9.17) is 0 Å². The highest BCUT2D eigenvalue weighted by Crippen LogP contribution is 2.29. The Kier molecular flexibility index (Phi) is 36.5. The fourth-order valence-electron chi connectivity index (χ4n) is 16.0.